The second kappa shape index (κ2) is 6.84. The Morgan fingerprint density at radius 1 is 1.10 bits per heavy atom. The molecule has 0 aromatic heterocycles. The van der Waals surface area contributed by atoms with Crippen LogP contribution in [0.1, 0.15) is 16.7 Å². The number of hydrogen-bond acceptors (Lipinski definition) is 2. The van der Waals surface area contributed by atoms with Crippen LogP contribution in [0.5, 0.6) is 0 Å². The zero-order valence-corrected chi connectivity index (χ0v) is 12.2. The Bertz CT molecular complexity index is 586. The molecule has 106 valence electrons. The highest BCUT2D eigenvalue weighted by Gasteiger charge is 2.08. The lowest BCUT2D eigenvalue weighted by atomic mass is 10.1. The van der Waals surface area contributed by atoms with Gasteiger partial charge in [-0.1, -0.05) is 41.9 Å². The Morgan fingerprint density at radius 3 is 2.45 bits per heavy atom. The molecule has 0 aliphatic heterocycles. The average molecular weight is 293 g/mol. The predicted molar refractivity (Wildman–Crippen MR) is 80.9 cm³/mol. The van der Waals surface area contributed by atoms with Crippen molar-refractivity contribution in [2.45, 2.75) is 19.6 Å². The Morgan fingerprint density at radius 2 is 1.80 bits per heavy atom. The first-order valence-electron chi connectivity index (χ1n) is 6.49. The summed E-state index contributed by atoms with van der Waals surface area (Å²) < 4.78 is 13.9. The SMILES string of the molecule is CN(Cc1ccc(CN)cc1F)Cc1ccccc1Cl. The molecule has 0 amide bonds. The standard InChI is InChI=1S/C16H18ClFN2/c1-20(10-13-4-2-3-5-15(13)17)11-14-7-6-12(9-19)8-16(14)18/h2-8H,9-11,19H2,1H3. The molecule has 0 fully saturated rings. The van der Waals surface area contributed by atoms with Gasteiger partial charge >= 0.3 is 0 Å². The van der Waals surface area contributed by atoms with Gasteiger partial charge in [0.2, 0.25) is 0 Å². The molecule has 2 aromatic rings. The molecule has 2 nitrogen and oxygen atoms in total. The number of rotatable bonds is 5. The number of halogens is 2. The first-order chi connectivity index (χ1) is 9.60. The Kier molecular flexibility index (Phi) is 5.12. The van der Waals surface area contributed by atoms with Crippen LogP contribution in [0.25, 0.3) is 0 Å². The molecule has 0 saturated carbocycles. The summed E-state index contributed by atoms with van der Waals surface area (Å²) in [6.45, 7) is 1.56. The number of nitrogens with two attached hydrogens (primary N) is 1. The van der Waals surface area contributed by atoms with Crippen LogP contribution in [0.3, 0.4) is 0 Å². The van der Waals surface area contributed by atoms with Crippen molar-refractivity contribution in [1.82, 2.24) is 4.90 Å². The van der Waals surface area contributed by atoms with Crippen LogP contribution in [0.4, 0.5) is 4.39 Å². The van der Waals surface area contributed by atoms with Gasteiger partial charge in [-0.15, -0.1) is 0 Å². The third-order valence-corrected chi connectivity index (χ3v) is 3.56. The van der Waals surface area contributed by atoms with Crippen LogP contribution in [0, 0.1) is 5.82 Å². The third kappa shape index (κ3) is 3.79. The molecule has 2 aromatic carbocycles. The lowest BCUT2D eigenvalue weighted by Crippen LogP contribution is -2.18. The highest BCUT2D eigenvalue weighted by molar-refractivity contribution is 6.31. The van der Waals surface area contributed by atoms with Crippen molar-refractivity contribution in [2.24, 2.45) is 5.73 Å². The van der Waals surface area contributed by atoms with Crippen molar-refractivity contribution in [3.63, 3.8) is 0 Å². The van der Waals surface area contributed by atoms with Gasteiger partial charge in [0.05, 0.1) is 0 Å². The fraction of sp³-hybridized carbons (Fsp3) is 0.250. The van der Waals surface area contributed by atoms with E-state index in [1.54, 1.807) is 6.07 Å². The van der Waals surface area contributed by atoms with E-state index in [1.165, 1.54) is 6.07 Å². The predicted octanol–water partition coefficient (Wildman–Crippen LogP) is 3.57. The summed E-state index contributed by atoms with van der Waals surface area (Å²) >= 11 is 6.13. The van der Waals surface area contributed by atoms with Crippen molar-refractivity contribution >= 4 is 11.6 Å². The van der Waals surface area contributed by atoms with Crippen molar-refractivity contribution in [2.75, 3.05) is 7.05 Å². The monoisotopic (exact) mass is 292 g/mol. The minimum absolute atomic E-state index is 0.209. The van der Waals surface area contributed by atoms with Crippen molar-refractivity contribution in [3.05, 3.63) is 70.0 Å². The third-order valence-electron chi connectivity index (χ3n) is 3.19. The second-order valence-corrected chi connectivity index (χ2v) is 5.30. The molecular weight excluding hydrogens is 275 g/mol. The molecule has 0 aliphatic rings. The maximum atomic E-state index is 13.9. The summed E-state index contributed by atoms with van der Waals surface area (Å²) in [5, 5.41) is 0.735. The van der Waals surface area contributed by atoms with Gasteiger partial charge in [-0.2, -0.15) is 0 Å². The molecule has 0 heterocycles. The summed E-state index contributed by atoms with van der Waals surface area (Å²) in [7, 11) is 1.94. The minimum atomic E-state index is -0.209. The van der Waals surface area contributed by atoms with Crippen LogP contribution < -0.4 is 5.73 Å². The Labute approximate surface area is 124 Å². The van der Waals surface area contributed by atoms with Crippen molar-refractivity contribution < 1.29 is 4.39 Å². The normalized spacial score (nSPS) is 11.1. The summed E-state index contributed by atoms with van der Waals surface area (Å²) in [5.74, 6) is -0.209. The number of benzene rings is 2. The number of nitrogens with zero attached hydrogens (tertiary/aromatic N) is 1. The topological polar surface area (TPSA) is 29.3 Å². The van der Waals surface area contributed by atoms with Crippen molar-refractivity contribution in [1.29, 1.82) is 0 Å². The lowest BCUT2D eigenvalue weighted by Gasteiger charge is -2.18. The molecule has 0 unspecified atom stereocenters. The van der Waals surface area contributed by atoms with Crippen LogP contribution in [-0.2, 0) is 19.6 Å². The smallest absolute Gasteiger partial charge is 0.128 e. The highest BCUT2D eigenvalue weighted by atomic mass is 35.5. The fourth-order valence-corrected chi connectivity index (χ4v) is 2.31. The Balaban J connectivity index is 2.05. The van der Waals surface area contributed by atoms with Crippen LogP contribution >= 0.6 is 11.6 Å². The second-order valence-electron chi connectivity index (χ2n) is 4.89. The molecule has 2 N–H and O–H groups in total. The molecular formula is C16H18ClFN2. The summed E-state index contributed by atoms with van der Waals surface area (Å²) in [4.78, 5) is 2.03. The van der Waals surface area contributed by atoms with E-state index in [2.05, 4.69) is 0 Å². The molecule has 0 bridgehead atoms. The van der Waals surface area contributed by atoms with E-state index in [-0.39, 0.29) is 5.82 Å². The van der Waals surface area contributed by atoms with Gasteiger partial charge in [-0.05, 0) is 30.3 Å². The van der Waals surface area contributed by atoms with Crippen LogP contribution in [0.15, 0.2) is 42.5 Å². The van der Waals surface area contributed by atoms with E-state index in [1.807, 2.05) is 42.3 Å². The maximum absolute atomic E-state index is 13.9. The Hall–Kier alpha value is -1.42. The van der Waals surface area contributed by atoms with E-state index >= 15 is 0 Å². The minimum Gasteiger partial charge on any atom is -0.326 e. The zero-order chi connectivity index (χ0) is 14.5. The zero-order valence-electron chi connectivity index (χ0n) is 11.4. The lowest BCUT2D eigenvalue weighted by molar-refractivity contribution is 0.313. The van der Waals surface area contributed by atoms with Crippen LogP contribution in [0.2, 0.25) is 5.02 Å². The quantitative estimate of drug-likeness (QED) is 0.913. The summed E-state index contributed by atoms with van der Waals surface area (Å²) in [6.07, 6.45) is 0. The molecule has 4 heteroatoms. The van der Waals surface area contributed by atoms with Gasteiger partial charge < -0.3 is 5.73 Å². The van der Waals surface area contributed by atoms with Crippen molar-refractivity contribution in [3.8, 4) is 0 Å². The van der Waals surface area contributed by atoms with Gasteiger partial charge in [0.1, 0.15) is 5.82 Å². The fourth-order valence-electron chi connectivity index (χ4n) is 2.11. The van der Waals surface area contributed by atoms with Gasteiger partial charge in [0.15, 0.2) is 0 Å². The first kappa shape index (κ1) is 15.0. The maximum Gasteiger partial charge on any atom is 0.128 e. The van der Waals surface area contributed by atoms with E-state index in [0.717, 1.165) is 16.1 Å². The highest BCUT2D eigenvalue weighted by Crippen LogP contribution is 2.18. The molecule has 0 radical (unpaired) electrons. The van der Waals surface area contributed by atoms with E-state index in [4.69, 9.17) is 17.3 Å². The molecule has 0 atom stereocenters. The summed E-state index contributed by atoms with van der Waals surface area (Å²) in [5.41, 5.74) is 8.00. The average Bonchev–Trinajstić information content (AvgIpc) is 2.43. The molecule has 0 saturated heterocycles. The molecule has 20 heavy (non-hydrogen) atoms. The van der Waals surface area contributed by atoms with E-state index < -0.39 is 0 Å². The van der Waals surface area contributed by atoms with E-state index in [9.17, 15) is 4.39 Å². The van der Waals surface area contributed by atoms with Gasteiger partial charge in [-0.25, -0.2) is 4.39 Å². The van der Waals surface area contributed by atoms with Gasteiger partial charge in [0, 0.05) is 30.2 Å². The first-order valence-corrected chi connectivity index (χ1v) is 6.87. The molecule has 0 aliphatic carbocycles. The largest absolute Gasteiger partial charge is 0.326 e. The van der Waals surface area contributed by atoms with Gasteiger partial charge in [0.25, 0.3) is 0 Å². The molecule has 0 spiro atoms. The summed E-state index contributed by atoms with van der Waals surface area (Å²) in [6, 6.07) is 12.8. The van der Waals surface area contributed by atoms with Gasteiger partial charge in [-0.3, -0.25) is 4.90 Å². The van der Waals surface area contributed by atoms with E-state index in [0.29, 0.717) is 25.2 Å². The number of hydrogen-bond donors (Lipinski definition) is 1. The van der Waals surface area contributed by atoms with Crippen LogP contribution in [-0.4, -0.2) is 11.9 Å². The molecule has 2 rings (SSSR count).